The molecule has 0 aromatic heterocycles. The van der Waals surface area contributed by atoms with E-state index in [2.05, 4.69) is 0 Å². The summed E-state index contributed by atoms with van der Waals surface area (Å²) in [5, 5.41) is 3.28. The summed E-state index contributed by atoms with van der Waals surface area (Å²) in [7, 11) is 0. The van der Waals surface area contributed by atoms with E-state index in [9.17, 15) is 40.7 Å². The maximum atomic E-state index is 12.6. The second-order valence-corrected chi connectivity index (χ2v) is 6.49. The predicted molar refractivity (Wildman–Crippen MR) is 91.4 cm³/mol. The number of nitrogens with one attached hydrogen (secondary N) is 2. The molecular formula is C17H18F6N4O3. The highest BCUT2D eigenvalue weighted by Gasteiger charge is 2.31. The van der Waals surface area contributed by atoms with Gasteiger partial charge in [-0.15, -0.1) is 0 Å². The quantitative estimate of drug-likeness (QED) is 0.701. The zero-order valence-electron chi connectivity index (χ0n) is 15.4. The zero-order chi connectivity index (χ0) is 22.5. The molecule has 2 rings (SSSR count). The largest absolute Gasteiger partial charge is 0.416 e. The van der Waals surface area contributed by atoms with Gasteiger partial charge in [0.15, 0.2) is 0 Å². The van der Waals surface area contributed by atoms with Gasteiger partial charge >= 0.3 is 18.4 Å². The van der Waals surface area contributed by atoms with Gasteiger partial charge in [0.05, 0.1) is 12.1 Å². The molecule has 1 fully saturated rings. The molecule has 166 valence electrons. The summed E-state index contributed by atoms with van der Waals surface area (Å²) in [5.41, 5.74) is -0.773. The van der Waals surface area contributed by atoms with Crippen molar-refractivity contribution >= 4 is 17.8 Å². The maximum Gasteiger partial charge on any atom is 0.416 e. The highest BCUT2D eigenvalue weighted by molar-refractivity contribution is 5.95. The number of halogens is 6. The van der Waals surface area contributed by atoms with Gasteiger partial charge < -0.3 is 10.2 Å². The van der Waals surface area contributed by atoms with E-state index in [1.807, 2.05) is 0 Å². The van der Waals surface area contributed by atoms with Gasteiger partial charge in [-0.3, -0.25) is 19.8 Å². The number of benzene rings is 1. The lowest BCUT2D eigenvalue weighted by Gasteiger charge is -2.34. The summed E-state index contributed by atoms with van der Waals surface area (Å²) in [6, 6.07) is 2.54. The third kappa shape index (κ3) is 7.21. The molecule has 13 heteroatoms. The van der Waals surface area contributed by atoms with Crippen molar-refractivity contribution in [3.8, 4) is 0 Å². The van der Waals surface area contributed by atoms with Crippen molar-refractivity contribution in [2.45, 2.75) is 12.4 Å². The zero-order valence-corrected chi connectivity index (χ0v) is 15.4. The first-order valence-electron chi connectivity index (χ1n) is 8.68. The number of nitrogens with zero attached hydrogens (tertiary/aromatic N) is 2. The first-order valence-corrected chi connectivity index (χ1v) is 8.68. The first kappa shape index (κ1) is 23.4. The Kier molecular flexibility index (Phi) is 7.29. The number of hydrogen-bond acceptors (Lipinski definition) is 4. The van der Waals surface area contributed by atoms with Crippen molar-refractivity contribution in [2.75, 3.05) is 39.3 Å². The van der Waals surface area contributed by atoms with Crippen LogP contribution in [0, 0.1) is 0 Å². The summed E-state index contributed by atoms with van der Waals surface area (Å²) < 4.78 is 73.8. The van der Waals surface area contributed by atoms with Crippen LogP contribution in [0.3, 0.4) is 0 Å². The minimum absolute atomic E-state index is 0.0931. The molecule has 0 saturated carbocycles. The summed E-state index contributed by atoms with van der Waals surface area (Å²) in [5.74, 6) is -1.27. The number of urea groups is 1. The van der Waals surface area contributed by atoms with Crippen LogP contribution in [0.15, 0.2) is 24.3 Å². The Labute approximate surface area is 167 Å². The van der Waals surface area contributed by atoms with Crippen LogP contribution in [-0.2, 0) is 11.0 Å². The van der Waals surface area contributed by atoms with Crippen LogP contribution in [0.5, 0.6) is 0 Å². The van der Waals surface area contributed by atoms with E-state index < -0.39 is 42.3 Å². The molecule has 0 atom stereocenters. The molecule has 0 spiro atoms. The second-order valence-electron chi connectivity index (χ2n) is 6.49. The van der Waals surface area contributed by atoms with Crippen LogP contribution in [0.1, 0.15) is 15.9 Å². The van der Waals surface area contributed by atoms with E-state index in [0.717, 1.165) is 24.3 Å². The number of rotatable bonds is 4. The molecule has 0 radical (unpaired) electrons. The average Bonchev–Trinajstić information content (AvgIpc) is 2.65. The number of amides is 4. The van der Waals surface area contributed by atoms with Crippen LogP contribution >= 0.6 is 0 Å². The van der Waals surface area contributed by atoms with Crippen LogP contribution in [0.4, 0.5) is 31.1 Å². The van der Waals surface area contributed by atoms with Gasteiger partial charge in [-0.1, -0.05) is 0 Å². The van der Waals surface area contributed by atoms with Crippen molar-refractivity contribution < 1.29 is 40.7 Å². The third-order valence-corrected chi connectivity index (χ3v) is 4.19. The highest BCUT2D eigenvalue weighted by atomic mass is 19.4. The molecule has 2 N–H and O–H groups in total. The molecule has 1 aromatic carbocycles. The number of imide groups is 1. The summed E-state index contributed by atoms with van der Waals surface area (Å²) in [6.07, 6.45) is -9.10. The van der Waals surface area contributed by atoms with E-state index in [1.54, 1.807) is 10.2 Å². The summed E-state index contributed by atoms with van der Waals surface area (Å²) >= 11 is 0. The van der Waals surface area contributed by atoms with Crippen molar-refractivity contribution in [2.24, 2.45) is 0 Å². The Bertz CT molecular complexity index is 771. The molecule has 1 heterocycles. The number of carbonyl (C=O) groups is 3. The molecule has 0 aliphatic carbocycles. The third-order valence-electron chi connectivity index (χ3n) is 4.19. The minimum atomic E-state index is -4.60. The molecule has 30 heavy (non-hydrogen) atoms. The molecule has 1 saturated heterocycles. The number of hydrogen-bond donors (Lipinski definition) is 2. The van der Waals surface area contributed by atoms with Gasteiger partial charge in [0.1, 0.15) is 6.54 Å². The molecule has 0 unspecified atom stereocenters. The predicted octanol–water partition coefficient (Wildman–Crippen LogP) is 1.85. The molecule has 7 nitrogen and oxygen atoms in total. The first-order chi connectivity index (χ1) is 13.8. The average molecular weight is 440 g/mol. The lowest BCUT2D eigenvalue weighted by Crippen LogP contribution is -2.52. The second kappa shape index (κ2) is 9.32. The summed E-state index contributed by atoms with van der Waals surface area (Å²) in [6.45, 7) is -0.979. The Morgan fingerprint density at radius 1 is 0.900 bits per heavy atom. The normalized spacial score (nSPS) is 15.6. The highest BCUT2D eigenvalue weighted by Crippen LogP contribution is 2.29. The number of piperazine rings is 1. The molecule has 1 aromatic rings. The SMILES string of the molecule is O=C(CN1CCN(C(=O)c2ccc(C(F)(F)F)cc2)CC1)NC(=O)NCC(F)(F)F. The lowest BCUT2D eigenvalue weighted by molar-refractivity contribution is -0.137. The molecule has 0 bridgehead atoms. The van der Waals surface area contributed by atoms with Crippen molar-refractivity contribution in [1.82, 2.24) is 20.4 Å². The van der Waals surface area contributed by atoms with Gasteiger partial charge in [-0.25, -0.2) is 4.79 Å². The standard InChI is InChI=1S/C17H18F6N4O3/c18-16(19,20)10-24-15(30)25-13(28)9-26-5-7-27(8-6-26)14(29)11-1-3-12(4-2-11)17(21,22)23/h1-4H,5-10H2,(H2,24,25,28,30). The number of alkyl halides is 6. The Morgan fingerprint density at radius 2 is 1.47 bits per heavy atom. The van der Waals surface area contributed by atoms with E-state index in [-0.39, 0.29) is 38.3 Å². The van der Waals surface area contributed by atoms with Crippen molar-refractivity contribution in [3.05, 3.63) is 35.4 Å². The molecular weight excluding hydrogens is 422 g/mol. The Morgan fingerprint density at radius 3 is 1.97 bits per heavy atom. The fourth-order valence-corrected chi connectivity index (χ4v) is 2.69. The Balaban J connectivity index is 1.78. The van der Waals surface area contributed by atoms with Gasteiger partial charge in [0.25, 0.3) is 5.91 Å². The molecule has 1 aliphatic rings. The van der Waals surface area contributed by atoms with Crippen molar-refractivity contribution in [1.29, 1.82) is 0 Å². The van der Waals surface area contributed by atoms with Gasteiger partial charge in [-0.05, 0) is 24.3 Å². The van der Waals surface area contributed by atoms with E-state index in [1.165, 1.54) is 10.2 Å². The van der Waals surface area contributed by atoms with Crippen LogP contribution in [-0.4, -0.2) is 73.1 Å². The van der Waals surface area contributed by atoms with Gasteiger partial charge in [0.2, 0.25) is 5.91 Å². The van der Waals surface area contributed by atoms with Crippen LogP contribution in [0.25, 0.3) is 0 Å². The molecule has 4 amide bonds. The van der Waals surface area contributed by atoms with Crippen LogP contribution < -0.4 is 10.6 Å². The van der Waals surface area contributed by atoms with E-state index in [4.69, 9.17) is 0 Å². The lowest BCUT2D eigenvalue weighted by atomic mass is 10.1. The topological polar surface area (TPSA) is 81.8 Å². The monoisotopic (exact) mass is 440 g/mol. The van der Waals surface area contributed by atoms with Crippen LogP contribution in [0.2, 0.25) is 0 Å². The van der Waals surface area contributed by atoms with E-state index in [0.29, 0.717) is 0 Å². The van der Waals surface area contributed by atoms with Gasteiger partial charge in [0, 0.05) is 31.7 Å². The van der Waals surface area contributed by atoms with Gasteiger partial charge in [-0.2, -0.15) is 26.3 Å². The Hall–Kier alpha value is -2.83. The fraction of sp³-hybridized carbons (Fsp3) is 0.471. The number of carbonyl (C=O) groups excluding carboxylic acids is 3. The molecule has 1 aliphatic heterocycles. The summed E-state index contributed by atoms with van der Waals surface area (Å²) in [4.78, 5) is 38.4. The maximum absolute atomic E-state index is 12.6. The van der Waals surface area contributed by atoms with E-state index >= 15 is 0 Å². The van der Waals surface area contributed by atoms with Crippen molar-refractivity contribution in [3.63, 3.8) is 0 Å². The fourth-order valence-electron chi connectivity index (χ4n) is 2.69. The minimum Gasteiger partial charge on any atom is -0.336 e. The smallest absolute Gasteiger partial charge is 0.336 e.